The van der Waals surface area contributed by atoms with Crippen molar-refractivity contribution in [2.45, 2.75) is 6.54 Å². The number of hydrogen-bond acceptors (Lipinski definition) is 5. The van der Waals surface area contributed by atoms with E-state index in [1.54, 1.807) is 31.4 Å². The van der Waals surface area contributed by atoms with Gasteiger partial charge in [0.15, 0.2) is 5.78 Å². The van der Waals surface area contributed by atoms with Crippen molar-refractivity contribution >= 4 is 11.9 Å². The highest BCUT2D eigenvalue weighted by molar-refractivity contribution is 6.08. The van der Waals surface area contributed by atoms with Gasteiger partial charge in [-0.3, -0.25) is 9.69 Å². The van der Waals surface area contributed by atoms with Crippen molar-refractivity contribution in [3.8, 4) is 11.5 Å². The monoisotopic (exact) mass is 353 g/mol. The average molecular weight is 353 g/mol. The number of benzene rings is 2. The van der Waals surface area contributed by atoms with Crippen molar-refractivity contribution in [1.29, 1.82) is 0 Å². The summed E-state index contributed by atoms with van der Waals surface area (Å²) in [5.74, 6) is 0.596. The Morgan fingerprint density at radius 2 is 2.00 bits per heavy atom. The molecule has 0 spiro atoms. The second-order valence-corrected chi connectivity index (χ2v) is 6.17. The van der Waals surface area contributed by atoms with Gasteiger partial charge in [-0.2, -0.15) is 0 Å². The van der Waals surface area contributed by atoms with Crippen LogP contribution in [0.5, 0.6) is 11.5 Å². The quantitative estimate of drug-likeness (QED) is 0.639. The van der Waals surface area contributed by atoms with Crippen molar-refractivity contribution in [2.75, 3.05) is 33.4 Å². The van der Waals surface area contributed by atoms with Crippen LogP contribution in [0.25, 0.3) is 6.08 Å². The molecule has 1 aliphatic rings. The summed E-state index contributed by atoms with van der Waals surface area (Å²) >= 11 is 0. The molecular formula is C21H23NO4. The van der Waals surface area contributed by atoms with Crippen molar-refractivity contribution < 1.29 is 19.4 Å². The number of hydrogen-bond donors (Lipinski definition) is 1. The maximum absolute atomic E-state index is 12.3. The summed E-state index contributed by atoms with van der Waals surface area (Å²) < 4.78 is 10.9. The van der Waals surface area contributed by atoms with Gasteiger partial charge in [0.2, 0.25) is 0 Å². The third-order valence-corrected chi connectivity index (χ3v) is 4.40. The topological polar surface area (TPSA) is 59.0 Å². The molecule has 5 nitrogen and oxygen atoms in total. The van der Waals surface area contributed by atoms with Gasteiger partial charge in [-0.05, 0) is 35.9 Å². The molecule has 26 heavy (non-hydrogen) atoms. The van der Waals surface area contributed by atoms with Crippen molar-refractivity contribution in [3.05, 3.63) is 65.2 Å². The lowest BCUT2D eigenvalue weighted by Gasteiger charge is -2.27. The van der Waals surface area contributed by atoms with Gasteiger partial charge in [-0.15, -0.1) is 0 Å². The first kappa shape index (κ1) is 18.2. The van der Waals surface area contributed by atoms with Gasteiger partial charge in [-0.25, -0.2) is 0 Å². The average Bonchev–Trinajstić information content (AvgIpc) is 2.67. The molecule has 0 radical (unpaired) electrons. The Bertz CT molecular complexity index is 794. The van der Waals surface area contributed by atoms with Crippen LogP contribution in [0, 0.1) is 0 Å². The fraction of sp³-hybridized carbons (Fsp3) is 0.286. The van der Waals surface area contributed by atoms with Crippen LogP contribution < -0.4 is 4.74 Å². The van der Waals surface area contributed by atoms with Gasteiger partial charge in [0.25, 0.3) is 0 Å². The standard InChI is InChI=1S/C21H23NO4/c1-25-21-9-7-16(14-17(21)15-22-10-12-26-13-11-22)6-8-20(24)18-4-2-3-5-19(18)23/h2-9,14,23H,10-13,15H2,1H3/b8-6+. The van der Waals surface area contributed by atoms with E-state index in [-0.39, 0.29) is 11.5 Å². The highest BCUT2D eigenvalue weighted by Crippen LogP contribution is 2.23. The number of aromatic hydroxyl groups is 1. The van der Waals surface area contributed by atoms with Crippen LogP contribution in [0.3, 0.4) is 0 Å². The number of methoxy groups -OCH3 is 1. The van der Waals surface area contributed by atoms with Gasteiger partial charge in [0, 0.05) is 25.2 Å². The van der Waals surface area contributed by atoms with Crippen LogP contribution >= 0.6 is 0 Å². The molecule has 1 aliphatic heterocycles. The largest absolute Gasteiger partial charge is 0.507 e. The summed E-state index contributed by atoms with van der Waals surface area (Å²) in [6.45, 7) is 4.07. The molecule has 0 aromatic heterocycles. The van der Waals surface area contributed by atoms with Crippen LogP contribution in [0.4, 0.5) is 0 Å². The Labute approximate surface area is 153 Å². The molecule has 0 atom stereocenters. The van der Waals surface area contributed by atoms with Gasteiger partial charge in [0.05, 0.1) is 25.9 Å². The number of phenols is 1. The number of ketones is 1. The van der Waals surface area contributed by atoms with Gasteiger partial charge >= 0.3 is 0 Å². The highest BCUT2D eigenvalue weighted by atomic mass is 16.5. The molecule has 136 valence electrons. The Balaban J connectivity index is 1.76. The van der Waals surface area contributed by atoms with E-state index in [0.717, 1.165) is 49.7 Å². The number of nitrogens with zero attached hydrogens (tertiary/aromatic N) is 1. The normalized spacial score (nSPS) is 15.3. The Hall–Kier alpha value is -2.63. The molecule has 5 heteroatoms. The highest BCUT2D eigenvalue weighted by Gasteiger charge is 2.14. The van der Waals surface area contributed by atoms with Crippen LogP contribution in [0.15, 0.2) is 48.5 Å². The second-order valence-electron chi connectivity index (χ2n) is 6.17. The van der Waals surface area contributed by atoms with Crippen molar-refractivity contribution in [1.82, 2.24) is 4.90 Å². The minimum Gasteiger partial charge on any atom is -0.507 e. The predicted molar refractivity (Wildman–Crippen MR) is 101 cm³/mol. The summed E-state index contributed by atoms with van der Waals surface area (Å²) in [6, 6.07) is 12.4. The van der Waals surface area contributed by atoms with E-state index in [0.29, 0.717) is 5.56 Å². The second kappa shape index (κ2) is 8.65. The molecule has 2 aromatic carbocycles. The fourth-order valence-electron chi connectivity index (χ4n) is 2.97. The first-order valence-electron chi connectivity index (χ1n) is 8.65. The van der Waals surface area contributed by atoms with E-state index >= 15 is 0 Å². The van der Waals surface area contributed by atoms with Gasteiger partial charge < -0.3 is 14.6 Å². The zero-order valence-corrected chi connectivity index (χ0v) is 14.9. The van der Waals surface area contributed by atoms with E-state index in [1.807, 2.05) is 18.2 Å². The number of phenolic OH excluding ortho intramolecular Hbond substituents is 1. The Morgan fingerprint density at radius 3 is 2.73 bits per heavy atom. The lowest BCUT2D eigenvalue weighted by atomic mass is 10.1. The molecule has 1 N–H and O–H groups in total. The molecule has 0 aliphatic carbocycles. The molecule has 1 saturated heterocycles. The molecule has 0 amide bonds. The first-order valence-corrected chi connectivity index (χ1v) is 8.65. The molecule has 0 saturated carbocycles. The number of para-hydroxylation sites is 1. The van der Waals surface area contributed by atoms with E-state index in [4.69, 9.17) is 9.47 Å². The molecule has 1 fully saturated rings. The van der Waals surface area contributed by atoms with Crippen LogP contribution in [0.1, 0.15) is 21.5 Å². The maximum Gasteiger partial charge on any atom is 0.189 e. The van der Waals surface area contributed by atoms with Crippen LogP contribution in [-0.4, -0.2) is 49.2 Å². The Morgan fingerprint density at radius 1 is 1.23 bits per heavy atom. The number of ether oxygens (including phenoxy) is 2. The summed E-state index contributed by atoms with van der Waals surface area (Å²) in [5.41, 5.74) is 2.29. The summed E-state index contributed by atoms with van der Waals surface area (Å²) in [7, 11) is 1.66. The van der Waals surface area contributed by atoms with E-state index < -0.39 is 0 Å². The van der Waals surface area contributed by atoms with Crippen LogP contribution in [-0.2, 0) is 11.3 Å². The van der Waals surface area contributed by atoms with E-state index in [9.17, 15) is 9.90 Å². The fourth-order valence-corrected chi connectivity index (χ4v) is 2.97. The van der Waals surface area contributed by atoms with E-state index in [2.05, 4.69) is 4.90 Å². The smallest absolute Gasteiger partial charge is 0.189 e. The molecule has 2 aromatic rings. The summed E-state index contributed by atoms with van der Waals surface area (Å²) in [6.07, 6.45) is 3.24. The summed E-state index contributed by atoms with van der Waals surface area (Å²) in [5, 5.41) is 9.79. The third kappa shape index (κ3) is 4.50. The number of morpholine rings is 1. The molecule has 1 heterocycles. The number of rotatable bonds is 6. The Kier molecular flexibility index (Phi) is 6.04. The predicted octanol–water partition coefficient (Wildman–Crippen LogP) is 3.13. The molecular weight excluding hydrogens is 330 g/mol. The molecule has 0 bridgehead atoms. The lowest BCUT2D eigenvalue weighted by molar-refractivity contribution is 0.0339. The zero-order chi connectivity index (χ0) is 18.4. The van der Waals surface area contributed by atoms with Crippen LogP contribution in [0.2, 0.25) is 0 Å². The first-order chi connectivity index (χ1) is 12.7. The minimum absolute atomic E-state index is 0.00936. The van der Waals surface area contributed by atoms with Gasteiger partial charge in [0.1, 0.15) is 11.5 Å². The van der Waals surface area contributed by atoms with E-state index in [1.165, 1.54) is 12.1 Å². The van der Waals surface area contributed by atoms with Crippen molar-refractivity contribution in [3.63, 3.8) is 0 Å². The maximum atomic E-state index is 12.3. The number of carbonyl (C=O) groups is 1. The molecule has 3 rings (SSSR count). The number of allylic oxidation sites excluding steroid dienone is 1. The van der Waals surface area contributed by atoms with Gasteiger partial charge in [-0.1, -0.05) is 24.3 Å². The minimum atomic E-state index is -0.228. The lowest BCUT2D eigenvalue weighted by Crippen LogP contribution is -2.35. The number of carbonyl (C=O) groups excluding carboxylic acids is 1. The SMILES string of the molecule is COc1ccc(/C=C/C(=O)c2ccccc2O)cc1CN1CCOCC1. The zero-order valence-electron chi connectivity index (χ0n) is 14.9. The summed E-state index contributed by atoms with van der Waals surface area (Å²) in [4.78, 5) is 14.6. The van der Waals surface area contributed by atoms with Crippen molar-refractivity contribution in [2.24, 2.45) is 0 Å². The third-order valence-electron chi connectivity index (χ3n) is 4.40. The molecule has 0 unspecified atom stereocenters.